The number of rotatable bonds is 7. The van der Waals surface area contributed by atoms with Crippen molar-refractivity contribution in [3.05, 3.63) is 0 Å². The fraction of sp³-hybridized carbons (Fsp3) is 0.929. The number of carbonyl (C=O) groups excluding carboxylic acids is 1. The van der Waals surface area contributed by atoms with Gasteiger partial charge in [0.15, 0.2) is 0 Å². The van der Waals surface area contributed by atoms with Crippen molar-refractivity contribution in [3.8, 4) is 0 Å². The number of morpholine rings is 1. The van der Waals surface area contributed by atoms with Crippen molar-refractivity contribution in [2.75, 3.05) is 26.3 Å². The molecule has 0 radical (unpaired) electrons. The van der Waals surface area contributed by atoms with Gasteiger partial charge in [-0.2, -0.15) is 0 Å². The molecule has 1 heterocycles. The summed E-state index contributed by atoms with van der Waals surface area (Å²) in [6.07, 6.45) is 2.54. The lowest BCUT2D eigenvalue weighted by molar-refractivity contribution is -0.129. The summed E-state index contributed by atoms with van der Waals surface area (Å²) in [5.74, 6) is -0.00332. The van der Waals surface area contributed by atoms with Gasteiger partial charge in [0.25, 0.3) is 0 Å². The molecule has 5 nitrogen and oxygen atoms in total. The molecule has 6 heteroatoms. The van der Waals surface area contributed by atoms with Crippen molar-refractivity contribution in [2.24, 2.45) is 5.41 Å². The maximum atomic E-state index is 12.2. The van der Waals surface area contributed by atoms with Crippen LogP contribution in [0.5, 0.6) is 0 Å². The van der Waals surface area contributed by atoms with Gasteiger partial charge in [0.2, 0.25) is 5.91 Å². The van der Waals surface area contributed by atoms with Crippen LogP contribution in [0.4, 0.5) is 0 Å². The van der Waals surface area contributed by atoms with E-state index >= 15 is 0 Å². The molecule has 0 spiro atoms. The van der Waals surface area contributed by atoms with E-state index < -0.39 is 0 Å². The first-order chi connectivity index (χ1) is 9.08. The number of amides is 1. The maximum Gasteiger partial charge on any atom is 0.239 e. The van der Waals surface area contributed by atoms with Crippen molar-refractivity contribution < 1.29 is 14.6 Å². The van der Waals surface area contributed by atoms with Gasteiger partial charge >= 0.3 is 0 Å². The first-order valence-electron chi connectivity index (χ1n) is 7.32. The summed E-state index contributed by atoms with van der Waals surface area (Å²) < 4.78 is 5.48. The van der Waals surface area contributed by atoms with Crippen LogP contribution in [-0.4, -0.2) is 49.5 Å². The van der Waals surface area contributed by atoms with E-state index in [4.69, 9.17) is 4.74 Å². The fourth-order valence-electron chi connectivity index (χ4n) is 2.59. The van der Waals surface area contributed by atoms with Crippen LogP contribution in [0.15, 0.2) is 0 Å². The van der Waals surface area contributed by atoms with Crippen LogP contribution >= 0.6 is 12.4 Å². The lowest BCUT2D eigenvalue weighted by atomic mass is 9.79. The molecule has 1 saturated heterocycles. The first-order valence-corrected chi connectivity index (χ1v) is 7.32. The van der Waals surface area contributed by atoms with Crippen LogP contribution in [0.3, 0.4) is 0 Å². The highest BCUT2D eigenvalue weighted by Crippen LogP contribution is 2.29. The van der Waals surface area contributed by atoms with E-state index in [0.717, 1.165) is 19.3 Å². The highest BCUT2D eigenvalue weighted by molar-refractivity contribution is 5.85. The predicted molar refractivity (Wildman–Crippen MR) is 82.2 cm³/mol. The van der Waals surface area contributed by atoms with E-state index in [1.807, 2.05) is 6.92 Å². The van der Waals surface area contributed by atoms with Gasteiger partial charge in [-0.1, -0.05) is 13.8 Å². The molecule has 0 saturated carbocycles. The summed E-state index contributed by atoms with van der Waals surface area (Å²) in [5, 5.41) is 15.4. The lowest BCUT2D eigenvalue weighted by Crippen LogP contribution is -2.56. The van der Waals surface area contributed by atoms with E-state index in [2.05, 4.69) is 24.5 Å². The molecule has 20 heavy (non-hydrogen) atoms. The van der Waals surface area contributed by atoms with Crippen LogP contribution in [0.25, 0.3) is 0 Å². The average molecular weight is 309 g/mol. The summed E-state index contributed by atoms with van der Waals surface area (Å²) in [6, 6.07) is -0.269. The third-order valence-corrected chi connectivity index (χ3v) is 4.38. The summed E-state index contributed by atoms with van der Waals surface area (Å²) in [4.78, 5) is 12.2. The SMILES string of the molecule is CCC(CC)(CCO)CNC(=O)[C@H]1NCCO[C@@H]1C.Cl. The Labute approximate surface area is 128 Å². The van der Waals surface area contributed by atoms with Crippen LogP contribution in [0.1, 0.15) is 40.0 Å². The molecule has 1 rings (SSSR count). The second-order valence-electron chi connectivity index (χ2n) is 5.41. The molecule has 1 aliphatic heterocycles. The lowest BCUT2D eigenvalue weighted by Gasteiger charge is -2.34. The zero-order valence-corrected chi connectivity index (χ0v) is 13.6. The Balaban J connectivity index is 0.00000361. The Bertz CT molecular complexity index is 286. The van der Waals surface area contributed by atoms with Gasteiger partial charge in [-0.05, 0) is 31.6 Å². The average Bonchev–Trinajstić information content (AvgIpc) is 2.44. The molecule has 0 unspecified atom stereocenters. The number of carbonyl (C=O) groups is 1. The number of hydrogen-bond donors (Lipinski definition) is 3. The third kappa shape index (κ3) is 5.20. The Morgan fingerprint density at radius 2 is 2.10 bits per heavy atom. The van der Waals surface area contributed by atoms with E-state index in [9.17, 15) is 9.90 Å². The van der Waals surface area contributed by atoms with E-state index in [1.165, 1.54) is 0 Å². The fourth-order valence-corrected chi connectivity index (χ4v) is 2.59. The van der Waals surface area contributed by atoms with Crippen LogP contribution < -0.4 is 10.6 Å². The van der Waals surface area contributed by atoms with Crippen LogP contribution in [0, 0.1) is 5.41 Å². The van der Waals surface area contributed by atoms with Gasteiger partial charge in [-0.25, -0.2) is 0 Å². The molecule has 0 aromatic rings. The molecule has 1 aliphatic rings. The Morgan fingerprint density at radius 3 is 2.60 bits per heavy atom. The summed E-state index contributed by atoms with van der Waals surface area (Å²) >= 11 is 0. The largest absolute Gasteiger partial charge is 0.396 e. The van der Waals surface area contributed by atoms with E-state index in [0.29, 0.717) is 19.7 Å². The van der Waals surface area contributed by atoms with Crippen molar-refractivity contribution in [1.29, 1.82) is 0 Å². The second kappa shape index (κ2) is 9.55. The van der Waals surface area contributed by atoms with Crippen molar-refractivity contribution >= 4 is 18.3 Å². The molecule has 0 aromatic carbocycles. The molecular formula is C14H29ClN2O3. The summed E-state index contributed by atoms with van der Waals surface area (Å²) in [7, 11) is 0. The maximum absolute atomic E-state index is 12.2. The first kappa shape index (κ1) is 19.6. The zero-order valence-electron chi connectivity index (χ0n) is 12.8. The standard InChI is InChI=1S/C14H28N2O3.ClH/c1-4-14(5-2,6-8-17)10-16-13(18)12-11(3)19-9-7-15-12;/h11-12,15,17H,4-10H2,1-3H3,(H,16,18);1H/t11-,12+;/m1./s1. The van der Waals surface area contributed by atoms with E-state index in [1.54, 1.807) is 0 Å². The van der Waals surface area contributed by atoms with Crippen molar-refractivity contribution in [3.63, 3.8) is 0 Å². The molecule has 1 amide bonds. The molecule has 0 aliphatic carbocycles. The van der Waals surface area contributed by atoms with Gasteiger partial charge in [0, 0.05) is 19.7 Å². The summed E-state index contributed by atoms with van der Waals surface area (Å²) in [6.45, 7) is 8.28. The number of aliphatic hydroxyl groups excluding tert-OH is 1. The second-order valence-corrected chi connectivity index (χ2v) is 5.41. The third-order valence-electron chi connectivity index (χ3n) is 4.38. The van der Waals surface area contributed by atoms with E-state index in [-0.39, 0.29) is 42.5 Å². The minimum atomic E-state index is -0.269. The molecular weight excluding hydrogens is 280 g/mol. The molecule has 0 aromatic heterocycles. The normalized spacial score (nSPS) is 23.0. The molecule has 0 bridgehead atoms. The Hall–Kier alpha value is -0.360. The number of ether oxygens (including phenoxy) is 1. The van der Waals surface area contributed by atoms with Crippen molar-refractivity contribution in [2.45, 2.75) is 52.2 Å². The highest BCUT2D eigenvalue weighted by Gasteiger charge is 2.31. The highest BCUT2D eigenvalue weighted by atomic mass is 35.5. The number of aliphatic hydroxyl groups is 1. The minimum Gasteiger partial charge on any atom is -0.396 e. The van der Waals surface area contributed by atoms with Crippen LogP contribution in [0.2, 0.25) is 0 Å². The minimum absolute atomic E-state index is 0. The van der Waals surface area contributed by atoms with Gasteiger partial charge in [-0.15, -0.1) is 12.4 Å². The van der Waals surface area contributed by atoms with Gasteiger partial charge in [0.1, 0.15) is 6.04 Å². The number of halogens is 1. The molecule has 1 fully saturated rings. The Kier molecular flexibility index (Phi) is 9.38. The summed E-state index contributed by atoms with van der Waals surface area (Å²) in [5.41, 5.74) is 0.00315. The molecule has 2 atom stereocenters. The number of hydrogen-bond acceptors (Lipinski definition) is 4. The smallest absolute Gasteiger partial charge is 0.239 e. The molecule has 120 valence electrons. The van der Waals surface area contributed by atoms with Crippen LogP contribution in [-0.2, 0) is 9.53 Å². The van der Waals surface area contributed by atoms with Gasteiger partial charge in [-0.3, -0.25) is 4.79 Å². The van der Waals surface area contributed by atoms with Crippen molar-refractivity contribution in [1.82, 2.24) is 10.6 Å². The monoisotopic (exact) mass is 308 g/mol. The van der Waals surface area contributed by atoms with Gasteiger partial charge < -0.3 is 20.5 Å². The van der Waals surface area contributed by atoms with Gasteiger partial charge in [0.05, 0.1) is 12.7 Å². The zero-order chi connectivity index (χ0) is 14.3. The number of nitrogens with one attached hydrogen (secondary N) is 2. The Morgan fingerprint density at radius 1 is 1.45 bits per heavy atom. The predicted octanol–water partition coefficient (Wildman–Crippen LogP) is 1.09. The topological polar surface area (TPSA) is 70.6 Å². The quantitative estimate of drug-likeness (QED) is 0.658. The molecule has 3 N–H and O–H groups in total.